The van der Waals surface area contributed by atoms with Crippen molar-refractivity contribution < 1.29 is 4.79 Å². The van der Waals surface area contributed by atoms with Gasteiger partial charge in [-0.2, -0.15) is 0 Å². The Morgan fingerprint density at radius 2 is 1.91 bits per heavy atom. The number of nitrogens with one attached hydrogen (secondary N) is 2. The molecule has 3 aromatic rings. The van der Waals surface area contributed by atoms with Crippen LogP contribution in [0.2, 0.25) is 5.02 Å². The van der Waals surface area contributed by atoms with E-state index in [0.29, 0.717) is 10.9 Å². The summed E-state index contributed by atoms with van der Waals surface area (Å²) in [6.45, 7) is 3.53. The summed E-state index contributed by atoms with van der Waals surface area (Å²) >= 11 is 6.16. The molecule has 3 heterocycles. The number of benzene rings is 1. The molecule has 2 N–H and O–H groups in total. The molecule has 0 atom stereocenters. The van der Waals surface area contributed by atoms with Crippen LogP contribution in [0.4, 0.5) is 0 Å². The minimum absolute atomic E-state index is 0.0297. The molecular formula is C28H33ClN4O. The molecule has 178 valence electrons. The Kier molecular flexibility index (Phi) is 7.31. The number of halogens is 1. The summed E-state index contributed by atoms with van der Waals surface area (Å²) in [5, 5.41) is 5.12. The smallest absolute Gasteiger partial charge is 0.244 e. The number of likely N-dealkylation sites (tertiary alicyclic amines) is 1. The fourth-order valence-electron chi connectivity index (χ4n) is 5.63. The number of hydrogen-bond donors (Lipinski definition) is 2. The summed E-state index contributed by atoms with van der Waals surface area (Å²) in [6, 6.07) is 9.90. The van der Waals surface area contributed by atoms with Crippen molar-refractivity contribution in [3.63, 3.8) is 0 Å². The van der Waals surface area contributed by atoms with Gasteiger partial charge in [0.2, 0.25) is 5.91 Å². The number of pyridine rings is 1. The van der Waals surface area contributed by atoms with Gasteiger partial charge in [0.1, 0.15) is 0 Å². The van der Waals surface area contributed by atoms with Gasteiger partial charge in [-0.1, -0.05) is 29.8 Å². The van der Waals surface area contributed by atoms with Crippen LogP contribution in [0.5, 0.6) is 0 Å². The summed E-state index contributed by atoms with van der Waals surface area (Å²) in [5.41, 5.74) is 3.49. The van der Waals surface area contributed by atoms with E-state index in [1.807, 2.05) is 36.7 Å². The molecule has 0 radical (unpaired) electrons. The molecule has 0 bridgehead atoms. The predicted octanol–water partition coefficient (Wildman–Crippen LogP) is 5.78. The van der Waals surface area contributed by atoms with E-state index in [4.69, 9.17) is 11.6 Å². The number of carbonyl (C=O) groups excluding carboxylic acids is 1. The van der Waals surface area contributed by atoms with Crippen LogP contribution in [0.25, 0.3) is 17.0 Å². The third-order valence-electron chi connectivity index (χ3n) is 7.57. The first-order valence-electron chi connectivity index (χ1n) is 12.5. The maximum atomic E-state index is 12.3. The van der Waals surface area contributed by atoms with Gasteiger partial charge in [-0.3, -0.25) is 9.78 Å². The number of carbonyl (C=O) groups is 1. The number of piperidine rings is 1. The van der Waals surface area contributed by atoms with Crippen LogP contribution >= 0.6 is 11.6 Å². The fraction of sp³-hybridized carbons (Fsp3) is 0.429. The van der Waals surface area contributed by atoms with Gasteiger partial charge >= 0.3 is 0 Å². The van der Waals surface area contributed by atoms with Crippen molar-refractivity contribution in [3.05, 3.63) is 71.1 Å². The van der Waals surface area contributed by atoms with Crippen LogP contribution in [0, 0.1) is 5.92 Å². The van der Waals surface area contributed by atoms with E-state index < -0.39 is 0 Å². The lowest BCUT2D eigenvalue weighted by atomic mass is 9.84. The molecule has 34 heavy (non-hydrogen) atoms. The molecule has 6 heteroatoms. The second-order valence-corrected chi connectivity index (χ2v) is 10.2. The van der Waals surface area contributed by atoms with Gasteiger partial charge in [-0.05, 0) is 92.8 Å². The van der Waals surface area contributed by atoms with Gasteiger partial charge in [-0.25, -0.2) is 0 Å². The summed E-state index contributed by atoms with van der Waals surface area (Å²) in [5.74, 6) is 1.33. The molecule has 0 unspecified atom stereocenters. The van der Waals surface area contributed by atoms with E-state index in [2.05, 4.69) is 32.4 Å². The molecule has 5 rings (SSSR count). The zero-order valence-corrected chi connectivity index (χ0v) is 20.3. The first-order chi connectivity index (χ1) is 16.7. The first-order valence-corrected chi connectivity index (χ1v) is 12.9. The minimum Gasteiger partial charge on any atom is -0.361 e. The van der Waals surface area contributed by atoms with Crippen LogP contribution in [0.15, 0.2) is 55.0 Å². The molecule has 1 saturated carbocycles. The number of rotatable bonds is 6. The molecular weight excluding hydrogens is 444 g/mol. The topological polar surface area (TPSA) is 61.0 Å². The molecule has 5 nitrogen and oxygen atoms in total. The van der Waals surface area contributed by atoms with Crippen molar-refractivity contribution in [2.24, 2.45) is 5.92 Å². The van der Waals surface area contributed by atoms with Gasteiger partial charge in [0.15, 0.2) is 0 Å². The van der Waals surface area contributed by atoms with E-state index in [1.165, 1.54) is 61.8 Å². The predicted molar refractivity (Wildman–Crippen MR) is 139 cm³/mol. The summed E-state index contributed by atoms with van der Waals surface area (Å²) in [4.78, 5) is 22.7. The largest absolute Gasteiger partial charge is 0.361 e. The highest BCUT2D eigenvalue weighted by molar-refractivity contribution is 6.32. The minimum atomic E-state index is -0.0297. The summed E-state index contributed by atoms with van der Waals surface area (Å²) in [7, 11) is 0. The Morgan fingerprint density at radius 1 is 1.12 bits per heavy atom. The van der Waals surface area contributed by atoms with Crippen LogP contribution in [0.1, 0.15) is 55.6 Å². The molecule has 1 amide bonds. The van der Waals surface area contributed by atoms with Gasteiger partial charge in [0, 0.05) is 53.2 Å². The average molecular weight is 477 g/mol. The highest BCUT2D eigenvalue weighted by Gasteiger charge is 2.27. The number of aromatic amines is 1. The highest BCUT2D eigenvalue weighted by atomic mass is 35.5. The SMILES string of the molecule is O=C(/C=C/c1ccccc1Cl)NC1CCC(CN2CCC(c3c[nH]c4ccncc34)CC2)CC1. The molecule has 2 aliphatic rings. The zero-order chi connectivity index (χ0) is 23.3. The van der Waals surface area contributed by atoms with Crippen molar-refractivity contribution >= 4 is 34.5 Å². The van der Waals surface area contributed by atoms with Gasteiger partial charge in [0.05, 0.1) is 0 Å². The van der Waals surface area contributed by atoms with E-state index in [-0.39, 0.29) is 11.9 Å². The summed E-state index contributed by atoms with van der Waals surface area (Å²) in [6.07, 6.45) is 16.4. The van der Waals surface area contributed by atoms with Crippen molar-refractivity contribution in [1.82, 2.24) is 20.2 Å². The molecule has 1 aliphatic heterocycles. The number of H-pyrrole nitrogens is 1. The van der Waals surface area contributed by atoms with Gasteiger partial charge < -0.3 is 15.2 Å². The van der Waals surface area contributed by atoms with Gasteiger partial charge in [0.25, 0.3) is 0 Å². The van der Waals surface area contributed by atoms with E-state index in [0.717, 1.165) is 24.3 Å². The lowest BCUT2D eigenvalue weighted by molar-refractivity contribution is -0.117. The zero-order valence-electron chi connectivity index (χ0n) is 19.6. The maximum Gasteiger partial charge on any atom is 0.244 e. The molecule has 2 fully saturated rings. The normalized spacial score (nSPS) is 22.4. The van der Waals surface area contributed by atoms with E-state index in [1.54, 1.807) is 12.2 Å². The maximum absolute atomic E-state index is 12.3. The quantitative estimate of drug-likeness (QED) is 0.443. The monoisotopic (exact) mass is 476 g/mol. The van der Waals surface area contributed by atoms with Crippen molar-refractivity contribution in [1.29, 1.82) is 0 Å². The van der Waals surface area contributed by atoms with Gasteiger partial charge in [-0.15, -0.1) is 0 Å². The van der Waals surface area contributed by atoms with Crippen molar-refractivity contribution in [2.45, 2.75) is 50.5 Å². The van der Waals surface area contributed by atoms with Crippen molar-refractivity contribution in [3.8, 4) is 0 Å². The molecule has 2 aromatic heterocycles. The number of hydrogen-bond acceptors (Lipinski definition) is 3. The average Bonchev–Trinajstić information content (AvgIpc) is 3.29. The lowest BCUT2D eigenvalue weighted by Gasteiger charge is -2.36. The third kappa shape index (κ3) is 5.53. The van der Waals surface area contributed by atoms with Crippen LogP contribution in [-0.2, 0) is 4.79 Å². The van der Waals surface area contributed by atoms with E-state index >= 15 is 0 Å². The molecule has 1 saturated heterocycles. The molecule has 1 aliphatic carbocycles. The van der Waals surface area contributed by atoms with Crippen LogP contribution in [-0.4, -0.2) is 46.5 Å². The van der Waals surface area contributed by atoms with E-state index in [9.17, 15) is 4.79 Å². The number of nitrogens with zero attached hydrogens (tertiary/aromatic N) is 2. The second-order valence-electron chi connectivity index (χ2n) is 9.82. The fourth-order valence-corrected chi connectivity index (χ4v) is 5.83. The summed E-state index contributed by atoms with van der Waals surface area (Å²) < 4.78 is 0. The second kappa shape index (κ2) is 10.7. The first kappa shape index (κ1) is 23.1. The number of amides is 1. The Bertz CT molecular complexity index is 1140. The van der Waals surface area contributed by atoms with Crippen LogP contribution < -0.4 is 5.32 Å². The Hall–Kier alpha value is -2.63. The molecule has 0 spiro atoms. The number of fused-ring (bicyclic) bond motifs is 1. The van der Waals surface area contributed by atoms with Crippen LogP contribution in [0.3, 0.4) is 0 Å². The third-order valence-corrected chi connectivity index (χ3v) is 7.92. The highest BCUT2D eigenvalue weighted by Crippen LogP contribution is 2.34. The number of aromatic nitrogens is 2. The Morgan fingerprint density at radius 3 is 2.71 bits per heavy atom. The Balaban J connectivity index is 1.04. The lowest BCUT2D eigenvalue weighted by Crippen LogP contribution is -2.41. The molecule has 1 aromatic carbocycles. The Labute approximate surface area is 206 Å². The standard InChI is InChI=1S/C28H33ClN4O/c29-26-4-2-1-3-22(26)7-10-28(34)32-23-8-5-20(6-9-23)19-33-15-12-21(13-16-33)24-18-31-27-11-14-30-17-25(24)27/h1-4,7,10-11,14,17-18,20-21,23,31H,5-6,8-9,12-13,15-16,19H2,(H,32,34)/b10-7+. The van der Waals surface area contributed by atoms with Crippen molar-refractivity contribution in [2.75, 3.05) is 19.6 Å².